The Hall–Kier alpha value is -3.99. The van der Waals surface area contributed by atoms with Crippen LogP contribution in [0.15, 0.2) is 65.6 Å². The van der Waals surface area contributed by atoms with Crippen molar-refractivity contribution in [2.24, 2.45) is 5.41 Å². The summed E-state index contributed by atoms with van der Waals surface area (Å²) >= 11 is 0. The lowest BCUT2D eigenvalue weighted by atomic mass is 9.61. The molecular formula is C31H29FN6O3S. The Labute approximate surface area is 242 Å². The number of carbonyl (C=O) groups excluding carboxylic acids is 1. The highest BCUT2D eigenvalue weighted by atomic mass is 32.2. The van der Waals surface area contributed by atoms with Crippen molar-refractivity contribution in [3.05, 3.63) is 88.9 Å². The maximum atomic E-state index is 14.5. The molecule has 214 valence electrons. The minimum atomic E-state index is -3.83. The summed E-state index contributed by atoms with van der Waals surface area (Å²) in [6.07, 6.45) is 12.2. The highest BCUT2D eigenvalue weighted by molar-refractivity contribution is 7.92. The molecule has 3 saturated carbocycles. The van der Waals surface area contributed by atoms with Crippen LogP contribution in [0.2, 0.25) is 0 Å². The van der Waals surface area contributed by atoms with Crippen molar-refractivity contribution in [2.45, 2.75) is 73.6 Å². The van der Waals surface area contributed by atoms with Crippen LogP contribution >= 0.6 is 0 Å². The molecule has 1 aromatic carbocycles. The van der Waals surface area contributed by atoms with Crippen LogP contribution in [0.4, 0.5) is 4.39 Å². The van der Waals surface area contributed by atoms with E-state index in [0.717, 1.165) is 48.1 Å². The summed E-state index contributed by atoms with van der Waals surface area (Å²) in [5.41, 5.74) is 3.65. The summed E-state index contributed by atoms with van der Waals surface area (Å²) in [5.74, 6) is 0.00975. The largest absolute Gasteiger partial charge is 0.291 e. The van der Waals surface area contributed by atoms with Crippen LogP contribution in [0.25, 0.3) is 11.8 Å². The van der Waals surface area contributed by atoms with Crippen molar-refractivity contribution in [2.75, 3.05) is 0 Å². The number of sulfone groups is 1. The molecule has 0 spiro atoms. The van der Waals surface area contributed by atoms with E-state index < -0.39 is 20.5 Å². The molecule has 3 aromatic heterocycles. The monoisotopic (exact) mass is 584 g/mol. The lowest BCUT2D eigenvalue weighted by molar-refractivity contribution is 0.0796. The number of allylic oxidation sites excluding steroid dienone is 1. The predicted octanol–water partition coefficient (Wildman–Crippen LogP) is 5.05. The molecule has 0 unspecified atom stereocenters. The van der Waals surface area contributed by atoms with Crippen molar-refractivity contribution < 1.29 is 17.6 Å². The summed E-state index contributed by atoms with van der Waals surface area (Å²) in [4.78, 5) is 20.6. The van der Waals surface area contributed by atoms with Gasteiger partial charge in [0.05, 0.1) is 40.5 Å². The number of Topliss-reactive ketones (excluding diaryl/α,β-unsaturated/α-hetero) is 1. The first kappa shape index (κ1) is 25.7. The van der Waals surface area contributed by atoms with Crippen LogP contribution < -0.4 is 0 Å². The van der Waals surface area contributed by atoms with Crippen molar-refractivity contribution in [1.29, 1.82) is 0 Å². The van der Waals surface area contributed by atoms with Crippen LogP contribution in [-0.2, 0) is 16.3 Å². The third-order valence-corrected chi connectivity index (χ3v) is 11.3. The van der Waals surface area contributed by atoms with Gasteiger partial charge in [-0.2, -0.15) is 15.0 Å². The van der Waals surface area contributed by atoms with Crippen LogP contribution in [-0.4, -0.2) is 49.2 Å². The number of benzene rings is 1. The molecule has 4 aliphatic carbocycles. The number of ketones is 1. The zero-order chi connectivity index (χ0) is 28.6. The molecule has 0 radical (unpaired) electrons. The maximum Gasteiger partial charge on any atom is 0.201 e. The average molecular weight is 585 g/mol. The zero-order valence-corrected chi connectivity index (χ0v) is 23.7. The van der Waals surface area contributed by atoms with E-state index in [0.29, 0.717) is 36.6 Å². The first-order valence-electron chi connectivity index (χ1n) is 14.5. The number of nitrogens with zero attached hydrogens (tertiary/aromatic N) is 6. The quantitative estimate of drug-likeness (QED) is 0.280. The van der Waals surface area contributed by atoms with Gasteiger partial charge in [0, 0.05) is 6.20 Å². The third kappa shape index (κ3) is 4.16. The second kappa shape index (κ2) is 9.26. The number of hydrogen-bond acceptors (Lipinski definition) is 7. The number of aromatic nitrogens is 6. The number of fused-ring (bicyclic) bond motifs is 2. The summed E-state index contributed by atoms with van der Waals surface area (Å²) in [7, 11) is -3.83. The molecule has 8 rings (SSSR count). The number of pyridine rings is 1. The molecule has 11 heteroatoms. The number of carbonyl (C=O) groups is 1. The van der Waals surface area contributed by atoms with E-state index in [1.54, 1.807) is 35.3 Å². The van der Waals surface area contributed by atoms with Gasteiger partial charge in [0.2, 0.25) is 9.84 Å². The Kier molecular flexibility index (Phi) is 5.66. The Balaban J connectivity index is 1.19. The average Bonchev–Trinajstić information content (AvgIpc) is 3.95. The van der Waals surface area contributed by atoms with Gasteiger partial charge in [-0.15, -0.1) is 5.10 Å². The van der Waals surface area contributed by atoms with Gasteiger partial charge in [-0.25, -0.2) is 17.5 Å². The molecule has 4 aromatic rings. The van der Waals surface area contributed by atoms with E-state index in [1.165, 1.54) is 23.1 Å². The normalized spacial score (nSPS) is 23.6. The highest BCUT2D eigenvalue weighted by Crippen LogP contribution is 2.52. The Morgan fingerprint density at radius 2 is 1.76 bits per heavy atom. The van der Waals surface area contributed by atoms with Gasteiger partial charge in [-0.05, 0) is 105 Å². The van der Waals surface area contributed by atoms with Crippen LogP contribution in [0.3, 0.4) is 0 Å². The Bertz CT molecular complexity index is 1850. The van der Waals surface area contributed by atoms with Gasteiger partial charge in [0.15, 0.2) is 10.8 Å². The summed E-state index contributed by atoms with van der Waals surface area (Å²) in [6, 6.07) is 10.0. The molecule has 0 N–H and O–H groups in total. The van der Waals surface area contributed by atoms with Crippen molar-refractivity contribution in [1.82, 2.24) is 29.8 Å². The van der Waals surface area contributed by atoms with Crippen molar-refractivity contribution in [3.63, 3.8) is 0 Å². The first-order valence-corrected chi connectivity index (χ1v) is 16.1. The molecule has 0 aliphatic heterocycles. The van der Waals surface area contributed by atoms with Crippen molar-refractivity contribution in [3.8, 4) is 5.69 Å². The fraction of sp³-hybridized carbons (Fsp3) is 0.387. The van der Waals surface area contributed by atoms with E-state index in [9.17, 15) is 17.6 Å². The fourth-order valence-corrected chi connectivity index (χ4v) is 8.27. The Morgan fingerprint density at radius 1 is 0.952 bits per heavy atom. The van der Waals surface area contributed by atoms with E-state index >= 15 is 0 Å². The topological polar surface area (TPSA) is 113 Å². The minimum absolute atomic E-state index is 0.0260. The molecule has 3 heterocycles. The zero-order valence-electron chi connectivity index (χ0n) is 22.9. The van der Waals surface area contributed by atoms with Gasteiger partial charge >= 0.3 is 0 Å². The number of hydrogen-bond donors (Lipinski definition) is 0. The lowest BCUT2D eigenvalue weighted by Crippen LogP contribution is -2.46. The van der Waals surface area contributed by atoms with Gasteiger partial charge < -0.3 is 0 Å². The summed E-state index contributed by atoms with van der Waals surface area (Å²) < 4.78 is 43.2. The third-order valence-electron chi connectivity index (χ3n) is 9.28. The molecule has 42 heavy (non-hydrogen) atoms. The highest BCUT2D eigenvalue weighted by Gasteiger charge is 2.52. The molecule has 3 fully saturated rings. The molecular weight excluding hydrogens is 555 g/mol. The van der Waals surface area contributed by atoms with E-state index in [-0.39, 0.29) is 29.1 Å². The van der Waals surface area contributed by atoms with Crippen molar-refractivity contribution >= 4 is 21.7 Å². The molecule has 9 nitrogen and oxygen atoms in total. The molecule has 2 atom stereocenters. The van der Waals surface area contributed by atoms with Gasteiger partial charge in [-0.3, -0.25) is 9.78 Å². The van der Waals surface area contributed by atoms with Gasteiger partial charge in [0.25, 0.3) is 0 Å². The molecule has 4 aliphatic rings. The Morgan fingerprint density at radius 3 is 2.48 bits per heavy atom. The molecule has 0 saturated heterocycles. The van der Waals surface area contributed by atoms with E-state index in [4.69, 9.17) is 0 Å². The smallest absolute Gasteiger partial charge is 0.201 e. The van der Waals surface area contributed by atoms with Gasteiger partial charge in [-0.1, -0.05) is 11.6 Å². The van der Waals surface area contributed by atoms with Crippen LogP contribution in [0.1, 0.15) is 84.2 Å². The summed E-state index contributed by atoms with van der Waals surface area (Å²) in [6.45, 7) is 0. The SMILES string of the molecule is O=C(c1ccc(C2CC2)cn1)[C@]12Cc3cnn(-c4ccc(F)cc4)c3C=C1CC[C@H](S(=O)(=O)c1cnn(C3CC3)n1)C2. The second-order valence-corrected chi connectivity index (χ2v) is 14.3. The van der Waals surface area contributed by atoms with Crippen LogP contribution in [0, 0.1) is 11.2 Å². The molecule has 0 amide bonds. The van der Waals surface area contributed by atoms with Gasteiger partial charge in [0.1, 0.15) is 11.5 Å². The number of halogens is 1. The second-order valence-electron chi connectivity index (χ2n) is 12.1. The molecule has 0 bridgehead atoms. The van der Waals surface area contributed by atoms with E-state index in [2.05, 4.69) is 20.3 Å². The standard InChI is InChI=1S/C31H29FN6O3S/c32-23-5-7-24(8-6-23)37-28-13-22-4-11-26(42(40,41)29-18-35-38(36-29)25-9-10-25)15-31(22,14-21(28)17-34-37)30(39)27-12-3-20(16-33-27)19-1-2-19/h3,5-8,12-13,16-19,25-26H,1-2,4,9-11,14-15H2/t26-,31-/m0/s1. The fourth-order valence-electron chi connectivity index (χ4n) is 6.60. The predicted molar refractivity (Wildman–Crippen MR) is 151 cm³/mol. The van der Waals surface area contributed by atoms with E-state index in [1.807, 2.05) is 12.1 Å². The number of rotatable bonds is 7. The van der Waals surface area contributed by atoms with Crippen LogP contribution in [0.5, 0.6) is 0 Å². The first-order chi connectivity index (χ1) is 20.3. The lowest BCUT2D eigenvalue weighted by Gasteiger charge is -2.43. The minimum Gasteiger partial charge on any atom is -0.291 e. The maximum absolute atomic E-state index is 14.5. The summed E-state index contributed by atoms with van der Waals surface area (Å²) in [5, 5.41) is 12.3.